The third kappa shape index (κ3) is 23.5. The quantitative estimate of drug-likeness (QED) is 0.0220. The molecule has 2 unspecified atom stereocenters. The number of amides is 2. The molecule has 1 saturated heterocycles. The van der Waals surface area contributed by atoms with Gasteiger partial charge in [-0.15, -0.1) is 0 Å². The van der Waals surface area contributed by atoms with Crippen LogP contribution < -0.4 is 16.4 Å². The van der Waals surface area contributed by atoms with E-state index in [0.29, 0.717) is 18.7 Å². The van der Waals surface area contributed by atoms with E-state index in [-0.39, 0.29) is 35.9 Å². The van der Waals surface area contributed by atoms with Crippen molar-refractivity contribution in [1.29, 1.82) is 0 Å². The highest BCUT2D eigenvalue weighted by molar-refractivity contribution is 7.80. The van der Waals surface area contributed by atoms with E-state index in [4.69, 9.17) is 24.6 Å². The van der Waals surface area contributed by atoms with Gasteiger partial charge in [0.2, 0.25) is 11.8 Å². The SMILES string of the molecule is CC(C)(COP(=O)(O)OP(=O)(O)OC[C@H]1O[C@@H](n2cnc3c(N)ncnc32)[C@H](O)[C@@H]1OP(=O)(O)O)[C@@H](O)C(=O)NCCC(=O)NCCS.CCC=CCC=CCC=CCCCCCCCC(=O)O. The van der Waals surface area contributed by atoms with Crippen LogP contribution in [0.2, 0.25) is 0 Å². The number of unbranched alkanes of at least 4 members (excludes halogenated alkanes) is 5. The number of aliphatic hydroxyl groups is 2. The van der Waals surface area contributed by atoms with Gasteiger partial charge < -0.3 is 56.0 Å². The van der Waals surface area contributed by atoms with Gasteiger partial charge in [-0.2, -0.15) is 16.9 Å². The van der Waals surface area contributed by atoms with Gasteiger partial charge in [0, 0.05) is 37.1 Å². The van der Waals surface area contributed by atoms with E-state index in [1.165, 1.54) is 26.7 Å². The summed E-state index contributed by atoms with van der Waals surface area (Å²) in [5, 5.41) is 34.6. The molecule has 0 spiro atoms. The number of aliphatic hydroxyl groups excluding tert-OH is 2. The lowest BCUT2D eigenvalue weighted by Crippen LogP contribution is -2.46. The molecule has 7 atom stereocenters. The predicted octanol–water partition coefficient (Wildman–Crippen LogP) is 4.00. The molecule has 0 saturated carbocycles. The Hall–Kier alpha value is -3.42. The van der Waals surface area contributed by atoms with E-state index in [1.807, 2.05) is 0 Å². The molecular formula is C39H66N7O18P3S. The number of aromatic nitrogens is 4. The number of carbonyl (C=O) groups is 3. The summed E-state index contributed by atoms with van der Waals surface area (Å²) in [4.78, 5) is 84.9. The number of nitrogens with zero attached hydrogens (tertiary/aromatic N) is 4. The Morgan fingerprint density at radius 3 is 2.19 bits per heavy atom. The Bertz CT molecular complexity index is 2120. The van der Waals surface area contributed by atoms with Crippen molar-refractivity contribution in [2.45, 2.75) is 122 Å². The zero-order valence-corrected chi connectivity index (χ0v) is 41.7. The first-order chi connectivity index (χ1) is 31.9. The summed E-state index contributed by atoms with van der Waals surface area (Å²) < 4.78 is 61.7. The molecule has 3 rings (SSSR count). The predicted molar refractivity (Wildman–Crippen MR) is 250 cm³/mol. The third-order valence-corrected chi connectivity index (χ3v) is 12.9. The molecule has 0 bridgehead atoms. The molecule has 11 N–H and O–H groups in total. The van der Waals surface area contributed by atoms with E-state index >= 15 is 0 Å². The Morgan fingerprint density at radius 1 is 0.912 bits per heavy atom. The van der Waals surface area contributed by atoms with Crippen LogP contribution in [0.3, 0.4) is 0 Å². The average molecular weight is 1050 g/mol. The van der Waals surface area contributed by atoms with Crippen LogP contribution in [0.1, 0.15) is 97.6 Å². The largest absolute Gasteiger partial charge is 0.481 e. The number of nitrogen functional groups attached to an aromatic ring is 1. The molecule has 68 heavy (non-hydrogen) atoms. The number of anilines is 1. The van der Waals surface area contributed by atoms with Gasteiger partial charge >= 0.3 is 29.4 Å². The van der Waals surface area contributed by atoms with Crippen molar-refractivity contribution in [1.82, 2.24) is 30.2 Å². The normalized spacial score (nSPS) is 20.0. The van der Waals surface area contributed by atoms with Crippen LogP contribution in [0.15, 0.2) is 49.1 Å². The van der Waals surface area contributed by atoms with E-state index < -0.39 is 84.6 Å². The maximum atomic E-state index is 12.6. The van der Waals surface area contributed by atoms with Crippen molar-refractivity contribution in [2.75, 3.05) is 37.8 Å². The second-order valence-corrected chi connectivity index (χ2v) is 20.5. The number of phosphoric acid groups is 3. The van der Waals surface area contributed by atoms with Crippen LogP contribution >= 0.6 is 36.1 Å². The van der Waals surface area contributed by atoms with E-state index in [0.717, 1.165) is 62.2 Å². The van der Waals surface area contributed by atoms with Crippen molar-refractivity contribution < 1.29 is 85.6 Å². The lowest BCUT2D eigenvalue weighted by Gasteiger charge is -2.30. The highest BCUT2D eigenvalue weighted by atomic mass is 32.1. The Labute approximate surface area is 399 Å². The van der Waals surface area contributed by atoms with Gasteiger partial charge in [-0.3, -0.25) is 32.5 Å². The highest BCUT2D eigenvalue weighted by Crippen LogP contribution is 2.61. The number of imidazole rings is 1. The molecule has 3 heterocycles. The summed E-state index contributed by atoms with van der Waals surface area (Å²) in [6.07, 6.45) is 16.6. The lowest BCUT2D eigenvalue weighted by atomic mass is 9.87. The number of rotatable bonds is 31. The average Bonchev–Trinajstić information content (AvgIpc) is 3.82. The molecule has 25 nitrogen and oxygen atoms in total. The summed E-state index contributed by atoms with van der Waals surface area (Å²) in [6, 6.07) is 0. The topological polar surface area (TPSA) is 384 Å². The second kappa shape index (κ2) is 30.3. The molecule has 0 aliphatic carbocycles. The minimum atomic E-state index is -5.54. The summed E-state index contributed by atoms with van der Waals surface area (Å²) in [5.41, 5.74) is 4.30. The maximum Gasteiger partial charge on any atom is 0.481 e. The number of hydrogen-bond donors (Lipinski definition) is 11. The molecule has 29 heteroatoms. The molecule has 2 aromatic rings. The maximum absolute atomic E-state index is 12.6. The number of thiol groups is 1. The fraction of sp³-hybridized carbons (Fsp3) is 0.641. The van der Waals surface area contributed by atoms with E-state index in [2.05, 4.69) is 90.4 Å². The molecular weight excluding hydrogens is 979 g/mol. The summed E-state index contributed by atoms with van der Waals surface area (Å²) in [5.74, 6) is -1.62. The van der Waals surface area contributed by atoms with Gasteiger partial charge in [0.15, 0.2) is 17.7 Å². The van der Waals surface area contributed by atoms with Gasteiger partial charge in [-0.05, 0) is 38.5 Å². The number of aliphatic carboxylic acids is 1. The van der Waals surface area contributed by atoms with E-state index in [9.17, 15) is 57.9 Å². The number of nitrogens with one attached hydrogen (secondary N) is 2. The minimum Gasteiger partial charge on any atom is -0.481 e. The number of allylic oxidation sites excluding steroid dienone is 6. The lowest BCUT2D eigenvalue weighted by molar-refractivity contribution is -0.137. The number of phosphoric ester groups is 3. The Balaban J connectivity index is 0.000000666. The molecule has 2 aromatic heterocycles. The molecule has 386 valence electrons. The van der Waals surface area contributed by atoms with Crippen molar-refractivity contribution in [3.8, 4) is 0 Å². The fourth-order valence-corrected chi connectivity index (χ4v) is 8.97. The standard InChI is InChI=1S/C21H36N7O16P3S.C18H30O2/c1-21(2,16(31)19(32)24-4-3-12(29)23-5-6-48)8-41-47(38,39)44-46(36,37)40-7-11-15(43-45(33,34)35)14(30)20(42-11)28-10-27-13-17(22)25-9-26-18(13)28;1-2-3-4-5-6-7-8-9-10-11-12-13-14-15-16-17-18(19)20/h9-11,14-16,20,30-31,48H,3-8H2,1-2H3,(H,23,29)(H,24,32)(H,36,37)(H,38,39)(H2,22,25,26)(H2,33,34,35);3-4,6-7,9-10H,2,5,8,11-17H2,1H3,(H,19,20)/t11-,14-,15-,16+,20-;/m1./s1. The molecule has 1 fully saturated rings. The zero-order chi connectivity index (χ0) is 51.0. The number of carbonyl (C=O) groups excluding carboxylic acids is 2. The number of nitrogens with two attached hydrogens (primary N) is 1. The summed E-state index contributed by atoms with van der Waals surface area (Å²) >= 11 is 3.95. The van der Waals surface area contributed by atoms with Crippen LogP contribution in [0.4, 0.5) is 5.82 Å². The van der Waals surface area contributed by atoms with Gasteiger partial charge in [0.25, 0.3) is 0 Å². The second-order valence-electron chi connectivity index (χ2n) is 15.8. The third-order valence-electron chi connectivity index (χ3n) is 9.55. The number of fused-ring (bicyclic) bond motifs is 1. The Kier molecular flexibility index (Phi) is 27.1. The molecule has 1 aliphatic rings. The van der Waals surface area contributed by atoms with E-state index in [1.54, 1.807) is 0 Å². The zero-order valence-electron chi connectivity index (χ0n) is 38.1. The fourth-order valence-electron chi connectivity index (χ4n) is 6.03. The summed E-state index contributed by atoms with van der Waals surface area (Å²) in [6.45, 7) is 2.87. The van der Waals surface area contributed by atoms with Crippen LogP contribution in [0.25, 0.3) is 11.2 Å². The van der Waals surface area contributed by atoms with Gasteiger partial charge in [0.05, 0.1) is 19.5 Å². The van der Waals surface area contributed by atoms with Gasteiger partial charge in [0.1, 0.15) is 36.3 Å². The van der Waals surface area contributed by atoms with Crippen molar-refractivity contribution >= 4 is 70.9 Å². The number of hydrogen-bond acceptors (Lipinski definition) is 18. The van der Waals surface area contributed by atoms with Crippen molar-refractivity contribution in [3.05, 3.63) is 49.1 Å². The molecule has 1 aliphatic heterocycles. The summed E-state index contributed by atoms with van der Waals surface area (Å²) in [7, 11) is -16.3. The molecule has 2 amide bonds. The molecule has 0 radical (unpaired) electrons. The van der Waals surface area contributed by atoms with Crippen LogP contribution in [-0.4, -0.2) is 129 Å². The van der Waals surface area contributed by atoms with Crippen LogP contribution in [0, 0.1) is 5.41 Å². The van der Waals surface area contributed by atoms with Crippen LogP contribution in [-0.2, 0) is 50.7 Å². The van der Waals surface area contributed by atoms with Crippen molar-refractivity contribution in [3.63, 3.8) is 0 Å². The highest BCUT2D eigenvalue weighted by Gasteiger charge is 2.50. The van der Waals surface area contributed by atoms with Gasteiger partial charge in [-0.1, -0.05) is 76.5 Å². The minimum absolute atomic E-state index is 0.0363. The first-order valence-corrected chi connectivity index (χ1v) is 26.8. The number of carboxylic acids is 1. The van der Waals surface area contributed by atoms with Crippen molar-refractivity contribution in [2.24, 2.45) is 5.41 Å². The first kappa shape index (κ1) is 60.7. The smallest absolute Gasteiger partial charge is 0.481 e. The number of ether oxygens (including phenoxy) is 1. The van der Waals surface area contributed by atoms with Crippen LogP contribution in [0.5, 0.6) is 0 Å². The molecule has 0 aromatic carbocycles. The monoisotopic (exact) mass is 1050 g/mol. The van der Waals surface area contributed by atoms with Gasteiger partial charge in [-0.25, -0.2) is 28.6 Å². The first-order valence-electron chi connectivity index (χ1n) is 21.6. The number of carboxylic acid groups (broad SMARTS) is 1. The Morgan fingerprint density at radius 2 is 1.54 bits per heavy atom.